The van der Waals surface area contributed by atoms with E-state index in [9.17, 15) is 0 Å². The Kier molecular flexibility index (Phi) is 28.5. The lowest BCUT2D eigenvalue weighted by atomic mass is 9.86. The number of nitrogens with two attached hydrogens (primary N) is 1. The zero-order valence-electron chi connectivity index (χ0n) is 63.7. The maximum Gasteiger partial charge on any atom is 0.0409 e. The molecule has 0 aliphatic rings. The molecule has 534 valence electrons. The van der Waals surface area contributed by atoms with Gasteiger partial charge in [-0.1, -0.05) is 268 Å². The number of hydrogen-bond donors (Lipinski definition) is 3. The van der Waals surface area contributed by atoms with E-state index in [0.717, 1.165) is 64.2 Å². The van der Waals surface area contributed by atoms with Gasteiger partial charge in [-0.15, -0.1) is 0 Å². The number of unbranched alkanes of at least 4 members (excludes halogenated alkanes) is 6. The second-order valence-corrected chi connectivity index (χ2v) is 29.1. The molecule has 4 N–H and O–H groups in total. The van der Waals surface area contributed by atoms with Crippen molar-refractivity contribution in [2.75, 3.05) is 16.4 Å². The Balaban J connectivity index is 0.000000214. The van der Waals surface area contributed by atoms with Crippen LogP contribution in [0.25, 0.3) is 77.9 Å². The highest BCUT2D eigenvalue weighted by Gasteiger charge is 2.18. The van der Waals surface area contributed by atoms with Crippen molar-refractivity contribution in [3.05, 3.63) is 314 Å². The summed E-state index contributed by atoms with van der Waals surface area (Å²) in [5.41, 5.74) is 43.6. The molecule has 0 amide bonds. The summed E-state index contributed by atoms with van der Waals surface area (Å²) < 4.78 is 0. The average Bonchev–Trinajstić information content (AvgIpc) is 0.782. The van der Waals surface area contributed by atoms with Gasteiger partial charge in [0.25, 0.3) is 0 Å². The molecule has 0 saturated carbocycles. The molecule has 0 atom stereocenters. The number of anilines is 5. The first-order chi connectivity index (χ1) is 50.6. The van der Waals surface area contributed by atoms with Gasteiger partial charge in [0.15, 0.2) is 0 Å². The van der Waals surface area contributed by atoms with Crippen molar-refractivity contribution in [2.24, 2.45) is 0 Å². The van der Waals surface area contributed by atoms with E-state index in [0.29, 0.717) is 0 Å². The van der Waals surface area contributed by atoms with Crippen molar-refractivity contribution < 1.29 is 0 Å². The third-order valence-electron chi connectivity index (χ3n) is 20.5. The Hall–Kier alpha value is -9.38. The standard InChI is InChI=1S/C58H64N2.C24H24Cl2.C17H21N/c1-7-11-13-15-43-17-21-47(22-18-43)49-25-29-51(30-26-49)59-53-33-35-55(41(5)37-53)57-39-46(10-4)58(40-45(57)9-3)56-36-34-54(38-42(56)6)60-52-31-27-50(28-32-52)48-23-19-44(20-24-48)16-14-12-8-2;1-5-17-13-24(22-10-8-20(26)12-16(22)4)18(6-2)14-23(17)21-9-7-19(25)11-15(21)3;1-2-3-4-5-14-6-8-15(9-7-14)16-10-12-17(18)13-11-16/h17-40,59-60H,7-16H2,1-6H3;7-14H,5-6H2,1-4H3;6-13H,2-5,18H2,1H3. The zero-order valence-corrected chi connectivity index (χ0v) is 65.3. The van der Waals surface area contributed by atoms with Crippen LogP contribution in [0.2, 0.25) is 10.0 Å². The van der Waals surface area contributed by atoms with E-state index >= 15 is 0 Å². The van der Waals surface area contributed by atoms with Gasteiger partial charge < -0.3 is 16.4 Å². The molecule has 12 rings (SSSR count). The molecule has 12 aromatic rings. The van der Waals surface area contributed by atoms with Crippen molar-refractivity contribution in [3.63, 3.8) is 0 Å². The van der Waals surface area contributed by atoms with Crippen LogP contribution in [0.4, 0.5) is 28.4 Å². The van der Waals surface area contributed by atoms with E-state index in [1.54, 1.807) is 0 Å². The molecule has 0 unspecified atom stereocenters. The third-order valence-corrected chi connectivity index (χ3v) is 21.0. The van der Waals surface area contributed by atoms with E-state index in [2.05, 4.69) is 293 Å². The molecule has 0 aromatic heterocycles. The SMILES string of the molecule is CCCCCc1ccc(-c2ccc(N)cc2)cc1.CCCCCc1ccc(-c2ccc(Nc3ccc(-c4cc(CC)c(-c5ccc(Nc6ccc(-c7ccc(CCCCC)cc7)cc6)cc5C)cc4CC)c(C)c3)cc2)cc1.CCc1cc(-c2ccc(Cl)cc2C)c(CC)cc1-c1ccc(Cl)cc1C. The fourth-order valence-electron chi connectivity index (χ4n) is 14.3. The molecule has 0 heterocycles. The summed E-state index contributed by atoms with van der Waals surface area (Å²) in [6, 6.07) is 88.3. The Labute approximate surface area is 634 Å². The van der Waals surface area contributed by atoms with E-state index in [1.165, 1.54) is 216 Å². The zero-order chi connectivity index (χ0) is 73.5. The van der Waals surface area contributed by atoms with Gasteiger partial charge in [0.1, 0.15) is 0 Å². The largest absolute Gasteiger partial charge is 0.399 e. The van der Waals surface area contributed by atoms with Crippen molar-refractivity contribution >= 4 is 51.6 Å². The second kappa shape index (κ2) is 38.4. The molecule has 104 heavy (non-hydrogen) atoms. The van der Waals surface area contributed by atoms with Crippen molar-refractivity contribution in [3.8, 4) is 77.9 Å². The number of benzene rings is 12. The molecule has 0 saturated heterocycles. The maximum absolute atomic E-state index is 6.16. The summed E-state index contributed by atoms with van der Waals surface area (Å²) in [6.07, 6.45) is 19.0. The highest BCUT2D eigenvalue weighted by molar-refractivity contribution is 6.31. The number of halogens is 2. The van der Waals surface area contributed by atoms with Crippen LogP contribution >= 0.6 is 23.2 Å². The molecular weight excluding hydrogens is 1300 g/mol. The first kappa shape index (κ1) is 77.2. The number of rotatable bonds is 27. The summed E-state index contributed by atoms with van der Waals surface area (Å²) in [7, 11) is 0. The molecule has 3 nitrogen and oxygen atoms in total. The molecule has 5 heteroatoms. The van der Waals surface area contributed by atoms with Crippen LogP contribution in [0.1, 0.15) is 167 Å². The van der Waals surface area contributed by atoms with E-state index in [4.69, 9.17) is 28.9 Å². The lowest BCUT2D eigenvalue weighted by molar-refractivity contribution is 0.717. The Morgan fingerprint density at radius 3 is 0.740 bits per heavy atom. The molecule has 0 aliphatic heterocycles. The Morgan fingerprint density at radius 2 is 0.490 bits per heavy atom. The summed E-state index contributed by atoms with van der Waals surface area (Å²) in [5, 5.41) is 8.89. The van der Waals surface area contributed by atoms with Gasteiger partial charge in [0, 0.05) is 38.5 Å². The number of hydrogen-bond acceptors (Lipinski definition) is 3. The van der Waals surface area contributed by atoms with Gasteiger partial charge in [0.05, 0.1) is 0 Å². The predicted molar refractivity (Wildman–Crippen MR) is 457 cm³/mol. The van der Waals surface area contributed by atoms with Crippen LogP contribution in [-0.4, -0.2) is 0 Å². The molecule has 0 fully saturated rings. The van der Waals surface area contributed by atoms with Gasteiger partial charge in [0.2, 0.25) is 0 Å². The smallest absolute Gasteiger partial charge is 0.0409 e. The summed E-state index contributed by atoms with van der Waals surface area (Å²) in [4.78, 5) is 0. The molecule has 0 spiro atoms. The quantitative estimate of drug-likeness (QED) is 0.0355. The van der Waals surface area contributed by atoms with Crippen LogP contribution in [0, 0.1) is 27.7 Å². The van der Waals surface area contributed by atoms with Gasteiger partial charge >= 0.3 is 0 Å². The summed E-state index contributed by atoms with van der Waals surface area (Å²) in [5.74, 6) is 0. The van der Waals surface area contributed by atoms with Crippen molar-refractivity contribution in [1.29, 1.82) is 0 Å². The molecular formula is C99H109Cl2N3. The van der Waals surface area contributed by atoms with Crippen molar-refractivity contribution in [2.45, 2.75) is 179 Å². The monoisotopic (exact) mass is 1410 g/mol. The van der Waals surface area contributed by atoms with Gasteiger partial charge in [-0.25, -0.2) is 0 Å². The van der Waals surface area contributed by atoms with Crippen LogP contribution < -0.4 is 16.4 Å². The van der Waals surface area contributed by atoms with Gasteiger partial charge in [-0.3, -0.25) is 0 Å². The minimum atomic E-state index is 0.786. The number of aryl methyl sites for hydroxylation is 11. The molecule has 0 aliphatic carbocycles. The topological polar surface area (TPSA) is 50.1 Å². The van der Waals surface area contributed by atoms with Crippen LogP contribution in [0.5, 0.6) is 0 Å². The van der Waals surface area contributed by atoms with Crippen LogP contribution in [0.3, 0.4) is 0 Å². The maximum atomic E-state index is 6.16. The third kappa shape index (κ3) is 20.7. The van der Waals surface area contributed by atoms with Gasteiger partial charge in [-0.05, 0) is 316 Å². The number of nitrogens with one attached hydrogen (secondary N) is 2. The Bertz CT molecular complexity index is 4460. The predicted octanol–water partition coefficient (Wildman–Crippen LogP) is 29.8. The molecule has 12 aromatic carbocycles. The molecule has 0 radical (unpaired) electrons. The highest BCUT2D eigenvalue weighted by atomic mass is 35.5. The van der Waals surface area contributed by atoms with Crippen molar-refractivity contribution in [1.82, 2.24) is 0 Å². The fraction of sp³-hybridized carbons (Fsp3) is 0.273. The minimum absolute atomic E-state index is 0.786. The minimum Gasteiger partial charge on any atom is -0.399 e. The van der Waals surface area contributed by atoms with Crippen LogP contribution in [0.15, 0.2) is 243 Å². The van der Waals surface area contributed by atoms with E-state index in [1.807, 2.05) is 36.4 Å². The Morgan fingerprint density at radius 1 is 0.250 bits per heavy atom. The summed E-state index contributed by atoms with van der Waals surface area (Å²) in [6.45, 7) is 24.5. The first-order valence-electron chi connectivity index (χ1n) is 38.5. The number of nitrogen functional groups attached to an aromatic ring is 1. The summed E-state index contributed by atoms with van der Waals surface area (Å²) >= 11 is 12.3. The highest BCUT2D eigenvalue weighted by Crippen LogP contribution is 2.41. The van der Waals surface area contributed by atoms with Gasteiger partial charge in [-0.2, -0.15) is 0 Å². The fourth-order valence-corrected chi connectivity index (χ4v) is 14.8. The van der Waals surface area contributed by atoms with E-state index < -0.39 is 0 Å². The molecule has 0 bridgehead atoms. The normalized spacial score (nSPS) is 11.0. The lowest BCUT2D eigenvalue weighted by Crippen LogP contribution is -1.99. The average molecular weight is 1410 g/mol. The first-order valence-corrected chi connectivity index (χ1v) is 39.3. The lowest BCUT2D eigenvalue weighted by Gasteiger charge is -2.19. The second-order valence-electron chi connectivity index (χ2n) is 28.2. The van der Waals surface area contributed by atoms with E-state index in [-0.39, 0.29) is 0 Å². The van der Waals surface area contributed by atoms with Crippen LogP contribution in [-0.2, 0) is 44.9 Å².